The summed E-state index contributed by atoms with van der Waals surface area (Å²) >= 11 is 8.37. The number of ether oxygens (including phenoxy) is 2. The summed E-state index contributed by atoms with van der Waals surface area (Å²) in [6, 6.07) is 5.50. The second-order valence-electron chi connectivity index (χ2n) is 8.85. The highest BCUT2D eigenvalue weighted by atomic mass is 35.5. The molecule has 0 aliphatic carbocycles. The molecule has 1 atom stereocenters. The van der Waals surface area contributed by atoms with E-state index in [9.17, 15) is 14.4 Å². The number of carbonyl (C=O) groups excluding carboxylic acids is 3. The highest BCUT2D eigenvalue weighted by Gasteiger charge is 2.27. The maximum Gasteiger partial charge on any atom is 0.341 e. The number of amides is 2. The van der Waals surface area contributed by atoms with Gasteiger partial charge in [0.05, 0.1) is 27.3 Å². The first kappa shape index (κ1) is 30.2. The average molecular weight is 592 g/mol. The molecule has 10 nitrogen and oxygen atoms in total. The van der Waals surface area contributed by atoms with Crippen molar-refractivity contribution in [3.05, 3.63) is 63.3 Å². The molecule has 2 aromatic heterocycles. The third-order valence-electron chi connectivity index (χ3n) is 5.31. The molecule has 0 radical (unpaired) electrons. The molecule has 3 N–H and O–H groups in total. The lowest BCUT2D eigenvalue weighted by molar-refractivity contribution is -0.113. The third-order valence-corrected chi connectivity index (χ3v) is 7.81. The van der Waals surface area contributed by atoms with E-state index in [1.54, 1.807) is 37.5 Å². The number of primary amides is 1. The smallest absolute Gasteiger partial charge is 0.341 e. The maximum absolute atomic E-state index is 12.9. The van der Waals surface area contributed by atoms with E-state index in [0.29, 0.717) is 33.9 Å². The van der Waals surface area contributed by atoms with Crippen LogP contribution in [-0.4, -0.2) is 44.4 Å². The summed E-state index contributed by atoms with van der Waals surface area (Å²) in [5.74, 6) is -0.739. The van der Waals surface area contributed by atoms with Crippen molar-refractivity contribution in [3.8, 4) is 5.75 Å². The van der Waals surface area contributed by atoms with Crippen LogP contribution < -0.4 is 15.8 Å². The van der Waals surface area contributed by atoms with Gasteiger partial charge in [0.2, 0.25) is 5.91 Å². The number of nitrogens with zero attached hydrogens (tertiary/aromatic N) is 3. The van der Waals surface area contributed by atoms with Gasteiger partial charge in [-0.1, -0.05) is 35.5 Å². The molecule has 0 spiro atoms. The number of carbonyl (C=O) groups is 3. The fourth-order valence-electron chi connectivity index (χ4n) is 3.60. The zero-order valence-electron chi connectivity index (χ0n) is 22.2. The second-order valence-corrected chi connectivity index (χ2v) is 11.2. The molecule has 0 saturated heterocycles. The van der Waals surface area contributed by atoms with Gasteiger partial charge in [-0.25, -0.2) is 4.79 Å². The van der Waals surface area contributed by atoms with Crippen molar-refractivity contribution in [2.24, 2.45) is 5.73 Å². The Kier molecular flexibility index (Phi) is 10.2. The molecule has 3 rings (SSSR count). The first-order chi connectivity index (χ1) is 18.4. The Morgan fingerprint density at radius 2 is 1.97 bits per heavy atom. The van der Waals surface area contributed by atoms with Crippen LogP contribution >= 0.6 is 34.7 Å². The highest BCUT2D eigenvalue weighted by molar-refractivity contribution is 7.99. The molecule has 13 heteroatoms. The number of anilines is 1. The molecule has 2 amide bonds. The van der Waals surface area contributed by atoms with E-state index >= 15 is 0 Å². The number of nitrogens with one attached hydrogen (secondary N) is 1. The predicted octanol–water partition coefficient (Wildman–Crippen LogP) is 5.33. The zero-order valence-corrected chi connectivity index (χ0v) is 24.6. The van der Waals surface area contributed by atoms with Crippen molar-refractivity contribution < 1.29 is 23.9 Å². The molecule has 3 aromatic rings. The van der Waals surface area contributed by atoms with Crippen LogP contribution in [0.3, 0.4) is 0 Å². The number of aromatic nitrogens is 3. The van der Waals surface area contributed by atoms with Crippen molar-refractivity contribution in [1.29, 1.82) is 0 Å². The van der Waals surface area contributed by atoms with Gasteiger partial charge in [0.25, 0.3) is 5.91 Å². The summed E-state index contributed by atoms with van der Waals surface area (Å²) in [5.41, 5.74) is 6.93. The standard InChI is InChI=1S/C26H30ClN5O5S2/c1-7-10-32-23(16(6)37-18-11-14(4)8-9-17(18)27)30-31-26(32)38-12-19(33)29-24-20(25(35)36-13(2)3)15(5)21(39-24)22(28)34/h7-9,11,13,16H,1,10,12H2,2-6H3,(H2,28,34)(H,29,33). The van der Waals surface area contributed by atoms with E-state index in [1.807, 2.05) is 26.0 Å². The quantitative estimate of drug-likeness (QED) is 0.164. The van der Waals surface area contributed by atoms with Crippen LogP contribution in [0.5, 0.6) is 5.75 Å². The lowest BCUT2D eigenvalue weighted by atomic mass is 10.1. The summed E-state index contributed by atoms with van der Waals surface area (Å²) < 4.78 is 13.1. The van der Waals surface area contributed by atoms with Crippen LogP contribution in [0.1, 0.15) is 63.9 Å². The van der Waals surface area contributed by atoms with Crippen molar-refractivity contribution in [2.75, 3.05) is 11.1 Å². The minimum Gasteiger partial charge on any atom is -0.481 e. The average Bonchev–Trinajstić information content (AvgIpc) is 3.40. The van der Waals surface area contributed by atoms with E-state index in [2.05, 4.69) is 22.1 Å². The number of hydrogen-bond donors (Lipinski definition) is 2. The van der Waals surface area contributed by atoms with E-state index in [4.69, 9.17) is 26.8 Å². The zero-order chi connectivity index (χ0) is 28.9. The van der Waals surface area contributed by atoms with Crippen LogP contribution in [0.2, 0.25) is 5.02 Å². The second kappa shape index (κ2) is 13.1. The molecule has 1 unspecified atom stereocenters. The summed E-state index contributed by atoms with van der Waals surface area (Å²) in [7, 11) is 0. The maximum atomic E-state index is 12.9. The van der Waals surface area contributed by atoms with Crippen LogP contribution in [-0.2, 0) is 16.1 Å². The molecule has 1 aromatic carbocycles. The first-order valence-electron chi connectivity index (χ1n) is 12.0. The molecular weight excluding hydrogens is 562 g/mol. The first-order valence-corrected chi connectivity index (χ1v) is 14.1. The summed E-state index contributed by atoms with van der Waals surface area (Å²) in [4.78, 5) is 37.6. The molecular formula is C26H30ClN5O5S2. The number of benzene rings is 1. The number of halogens is 1. The Balaban J connectivity index is 1.77. The van der Waals surface area contributed by atoms with Crippen LogP contribution in [0.25, 0.3) is 0 Å². The van der Waals surface area contributed by atoms with Gasteiger partial charge in [0.1, 0.15) is 10.8 Å². The number of thiophene rings is 1. The van der Waals surface area contributed by atoms with Gasteiger partial charge in [-0.2, -0.15) is 0 Å². The number of aryl methyl sites for hydroxylation is 1. The monoisotopic (exact) mass is 591 g/mol. The van der Waals surface area contributed by atoms with E-state index in [-0.39, 0.29) is 27.3 Å². The summed E-state index contributed by atoms with van der Waals surface area (Å²) in [6.07, 6.45) is 0.817. The van der Waals surface area contributed by atoms with Crippen molar-refractivity contribution in [1.82, 2.24) is 14.8 Å². The van der Waals surface area contributed by atoms with E-state index in [0.717, 1.165) is 28.7 Å². The summed E-state index contributed by atoms with van der Waals surface area (Å²) in [5, 5.41) is 12.4. The molecule has 39 heavy (non-hydrogen) atoms. The fourth-order valence-corrected chi connectivity index (χ4v) is 5.58. The lowest BCUT2D eigenvalue weighted by Gasteiger charge is -2.17. The van der Waals surface area contributed by atoms with Crippen LogP contribution in [0.4, 0.5) is 5.00 Å². The Labute approximate surface area is 239 Å². The van der Waals surface area contributed by atoms with Gasteiger partial charge >= 0.3 is 5.97 Å². The topological polar surface area (TPSA) is 138 Å². The number of allylic oxidation sites excluding steroid dienone is 1. The van der Waals surface area contributed by atoms with Crippen molar-refractivity contribution in [3.63, 3.8) is 0 Å². The number of hydrogen-bond acceptors (Lipinski definition) is 9. The van der Waals surface area contributed by atoms with Crippen LogP contribution in [0, 0.1) is 13.8 Å². The molecule has 0 fully saturated rings. The molecule has 208 valence electrons. The van der Waals surface area contributed by atoms with E-state index in [1.165, 1.54) is 0 Å². The van der Waals surface area contributed by atoms with Gasteiger partial charge in [-0.15, -0.1) is 28.1 Å². The number of esters is 1. The van der Waals surface area contributed by atoms with Gasteiger partial charge in [-0.3, -0.25) is 14.2 Å². The van der Waals surface area contributed by atoms with Crippen molar-refractivity contribution >= 4 is 57.5 Å². The van der Waals surface area contributed by atoms with Crippen LogP contribution in [0.15, 0.2) is 36.0 Å². The van der Waals surface area contributed by atoms with Crippen molar-refractivity contribution in [2.45, 2.75) is 58.5 Å². The molecule has 0 bridgehead atoms. The van der Waals surface area contributed by atoms with Gasteiger partial charge in [0.15, 0.2) is 17.1 Å². The molecule has 2 heterocycles. The highest BCUT2D eigenvalue weighted by Crippen LogP contribution is 2.34. The number of rotatable bonds is 12. The number of thioether (sulfide) groups is 1. The van der Waals surface area contributed by atoms with Gasteiger partial charge in [-0.05, 0) is 57.9 Å². The SMILES string of the molecule is C=CCn1c(SCC(=O)Nc2sc(C(N)=O)c(C)c2C(=O)OC(C)C)nnc1C(C)Oc1cc(C)ccc1Cl. The lowest BCUT2D eigenvalue weighted by Crippen LogP contribution is -2.18. The number of nitrogens with two attached hydrogens (primary N) is 1. The Hall–Kier alpha value is -3.35. The Bertz CT molecular complexity index is 1400. The molecule has 0 aliphatic rings. The predicted molar refractivity (Wildman–Crippen MR) is 153 cm³/mol. The van der Waals surface area contributed by atoms with Gasteiger partial charge < -0.3 is 20.5 Å². The normalized spacial score (nSPS) is 11.8. The minimum atomic E-state index is -0.695. The van der Waals surface area contributed by atoms with Gasteiger partial charge in [0, 0.05) is 6.54 Å². The molecule has 0 aliphatic heterocycles. The Morgan fingerprint density at radius 3 is 2.62 bits per heavy atom. The van der Waals surface area contributed by atoms with E-state index < -0.39 is 23.9 Å². The fraction of sp³-hybridized carbons (Fsp3) is 0.346. The largest absolute Gasteiger partial charge is 0.481 e. The third kappa shape index (κ3) is 7.40. The molecule has 0 saturated carbocycles. The Morgan fingerprint density at radius 1 is 1.26 bits per heavy atom. The summed E-state index contributed by atoms with van der Waals surface area (Å²) in [6.45, 7) is 13.0. The minimum absolute atomic E-state index is 0.0459.